The number of aromatic amines is 1. The molecule has 1 aromatic heterocycles. The second kappa shape index (κ2) is 4.79. The van der Waals surface area contributed by atoms with Crippen LogP contribution in [-0.2, 0) is 4.74 Å². The third kappa shape index (κ3) is 2.69. The number of rotatable bonds is 4. The molecule has 0 aliphatic heterocycles. The van der Waals surface area contributed by atoms with Gasteiger partial charge in [-0.1, -0.05) is 0 Å². The first-order chi connectivity index (χ1) is 7.06. The lowest BCUT2D eigenvalue weighted by Crippen LogP contribution is -2.32. The molecular weight excluding hydrogens is 198 g/mol. The number of hydrogen-bond acceptors (Lipinski definition) is 4. The minimum Gasteiger partial charge on any atom is -0.393 e. The summed E-state index contributed by atoms with van der Waals surface area (Å²) in [5, 5.41) is 0. The van der Waals surface area contributed by atoms with Gasteiger partial charge in [-0.25, -0.2) is 4.79 Å². The van der Waals surface area contributed by atoms with Crippen molar-refractivity contribution >= 4 is 5.69 Å². The number of nitrogens with zero attached hydrogens (tertiary/aromatic N) is 1. The van der Waals surface area contributed by atoms with E-state index >= 15 is 0 Å². The van der Waals surface area contributed by atoms with E-state index in [1.807, 2.05) is 6.92 Å². The summed E-state index contributed by atoms with van der Waals surface area (Å²) in [6.45, 7) is 2.41. The van der Waals surface area contributed by atoms with Crippen LogP contribution in [0.1, 0.15) is 19.4 Å². The Morgan fingerprint density at radius 1 is 1.60 bits per heavy atom. The van der Waals surface area contributed by atoms with Crippen molar-refractivity contribution in [2.24, 2.45) is 0 Å². The van der Waals surface area contributed by atoms with Gasteiger partial charge in [0.1, 0.15) is 5.69 Å². The lowest BCUT2D eigenvalue weighted by Gasteiger charge is -2.14. The molecule has 1 heterocycles. The van der Waals surface area contributed by atoms with E-state index in [0.717, 1.165) is 0 Å². The van der Waals surface area contributed by atoms with Crippen LogP contribution >= 0.6 is 0 Å². The number of nitrogens with one attached hydrogen (secondary N) is 1. The molecule has 0 radical (unpaired) electrons. The standard InChI is InChI=1S/C9H15N3O3/c1-6(3-4-15-2)12-5-7(10)8(13)11-9(12)14/h5-6H,3-4,10H2,1-2H3,(H,11,13,14). The van der Waals surface area contributed by atoms with Gasteiger partial charge >= 0.3 is 5.69 Å². The molecule has 0 aliphatic rings. The molecule has 1 atom stereocenters. The van der Waals surface area contributed by atoms with Crippen molar-refractivity contribution in [1.82, 2.24) is 9.55 Å². The zero-order valence-corrected chi connectivity index (χ0v) is 8.82. The molecule has 0 saturated carbocycles. The fourth-order valence-electron chi connectivity index (χ4n) is 1.26. The topological polar surface area (TPSA) is 90.1 Å². The quantitative estimate of drug-likeness (QED) is 0.719. The number of ether oxygens (including phenoxy) is 1. The highest BCUT2D eigenvalue weighted by molar-refractivity contribution is 5.30. The van der Waals surface area contributed by atoms with Gasteiger partial charge in [-0.3, -0.25) is 14.3 Å². The second-order valence-corrected chi connectivity index (χ2v) is 3.38. The fourth-order valence-corrected chi connectivity index (χ4v) is 1.26. The largest absolute Gasteiger partial charge is 0.393 e. The summed E-state index contributed by atoms with van der Waals surface area (Å²) in [4.78, 5) is 24.6. The Kier molecular flexibility index (Phi) is 3.68. The summed E-state index contributed by atoms with van der Waals surface area (Å²) < 4.78 is 6.31. The normalized spacial score (nSPS) is 12.7. The van der Waals surface area contributed by atoms with E-state index in [-0.39, 0.29) is 11.7 Å². The van der Waals surface area contributed by atoms with Crippen molar-refractivity contribution in [3.05, 3.63) is 27.0 Å². The van der Waals surface area contributed by atoms with E-state index in [2.05, 4.69) is 4.98 Å². The molecule has 0 saturated heterocycles. The van der Waals surface area contributed by atoms with Crippen LogP contribution < -0.4 is 17.0 Å². The monoisotopic (exact) mass is 213 g/mol. The number of aromatic nitrogens is 2. The highest BCUT2D eigenvalue weighted by Crippen LogP contribution is 2.07. The number of methoxy groups -OCH3 is 1. The molecule has 6 nitrogen and oxygen atoms in total. The van der Waals surface area contributed by atoms with E-state index in [9.17, 15) is 9.59 Å². The second-order valence-electron chi connectivity index (χ2n) is 3.38. The summed E-state index contributed by atoms with van der Waals surface area (Å²) in [7, 11) is 1.59. The third-order valence-electron chi connectivity index (χ3n) is 2.21. The number of H-pyrrole nitrogens is 1. The van der Waals surface area contributed by atoms with Crippen LogP contribution in [0.2, 0.25) is 0 Å². The van der Waals surface area contributed by atoms with E-state index in [1.165, 1.54) is 10.8 Å². The summed E-state index contributed by atoms with van der Waals surface area (Å²) in [6.07, 6.45) is 2.05. The van der Waals surface area contributed by atoms with Crippen molar-refractivity contribution < 1.29 is 4.74 Å². The lowest BCUT2D eigenvalue weighted by molar-refractivity contribution is 0.180. The van der Waals surface area contributed by atoms with Gasteiger partial charge in [-0.05, 0) is 13.3 Å². The first kappa shape index (κ1) is 11.5. The predicted molar refractivity (Wildman–Crippen MR) is 56.9 cm³/mol. The summed E-state index contributed by atoms with van der Waals surface area (Å²) in [5.41, 5.74) is 4.47. The zero-order chi connectivity index (χ0) is 11.4. The van der Waals surface area contributed by atoms with Gasteiger partial charge in [0.15, 0.2) is 0 Å². The minimum atomic E-state index is -0.546. The maximum Gasteiger partial charge on any atom is 0.328 e. The predicted octanol–water partition coefficient (Wildman–Crippen LogP) is -0.284. The average Bonchev–Trinajstić information content (AvgIpc) is 2.20. The lowest BCUT2D eigenvalue weighted by atomic mass is 10.2. The Hall–Kier alpha value is -1.56. The molecule has 15 heavy (non-hydrogen) atoms. The fraction of sp³-hybridized carbons (Fsp3) is 0.556. The maximum atomic E-state index is 11.4. The van der Waals surface area contributed by atoms with Crippen LogP contribution in [0.5, 0.6) is 0 Å². The summed E-state index contributed by atoms with van der Waals surface area (Å²) in [5.74, 6) is 0. The summed E-state index contributed by atoms with van der Waals surface area (Å²) in [6, 6.07) is -0.0587. The molecule has 1 rings (SSSR count). The van der Waals surface area contributed by atoms with E-state index < -0.39 is 11.2 Å². The van der Waals surface area contributed by atoms with Gasteiger partial charge < -0.3 is 10.5 Å². The highest BCUT2D eigenvalue weighted by atomic mass is 16.5. The van der Waals surface area contributed by atoms with Crippen LogP contribution in [0.15, 0.2) is 15.8 Å². The van der Waals surface area contributed by atoms with Crippen LogP contribution in [0.4, 0.5) is 5.69 Å². The molecule has 84 valence electrons. The molecule has 1 aromatic rings. The Morgan fingerprint density at radius 2 is 2.27 bits per heavy atom. The van der Waals surface area contributed by atoms with Gasteiger partial charge in [0.25, 0.3) is 5.56 Å². The number of nitrogen functional groups attached to an aromatic ring is 1. The third-order valence-corrected chi connectivity index (χ3v) is 2.21. The van der Waals surface area contributed by atoms with Gasteiger partial charge in [0.05, 0.1) is 0 Å². The van der Waals surface area contributed by atoms with E-state index in [4.69, 9.17) is 10.5 Å². The van der Waals surface area contributed by atoms with Gasteiger partial charge in [-0.15, -0.1) is 0 Å². The Bertz CT molecular complexity index is 435. The Balaban J connectivity index is 2.99. The first-order valence-electron chi connectivity index (χ1n) is 4.66. The van der Waals surface area contributed by atoms with Crippen LogP contribution in [0, 0.1) is 0 Å². The minimum absolute atomic E-state index is 0.0406. The van der Waals surface area contributed by atoms with Crippen molar-refractivity contribution in [3.63, 3.8) is 0 Å². The smallest absolute Gasteiger partial charge is 0.328 e. The van der Waals surface area contributed by atoms with Gasteiger partial charge in [0.2, 0.25) is 0 Å². The van der Waals surface area contributed by atoms with Gasteiger partial charge in [0, 0.05) is 26.0 Å². The molecule has 3 N–H and O–H groups in total. The van der Waals surface area contributed by atoms with Crippen molar-refractivity contribution in [3.8, 4) is 0 Å². The van der Waals surface area contributed by atoms with Crippen LogP contribution in [0.3, 0.4) is 0 Å². The molecule has 0 bridgehead atoms. The molecule has 0 amide bonds. The van der Waals surface area contributed by atoms with Crippen molar-refractivity contribution in [2.45, 2.75) is 19.4 Å². The number of hydrogen-bond donors (Lipinski definition) is 2. The molecule has 0 aliphatic carbocycles. The molecule has 1 unspecified atom stereocenters. The SMILES string of the molecule is COCCC(C)n1cc(N)c(=O)[nH]c1=O. The van der Waals surface area contributed by atoms with Crippen molar-refractivity contribution in [2.75, 3.05) is 19.5 Å². The molecule has 6 heteroatoms. The van der Waals surface area contributed by atoms with Crippen LogP contribution in [-0.4, -0.2) is 23.3 Å². The molecule has 0 aromatic carbocycles. The molecule has 0 spiro atoms. The zero-order valence-electron chi connectivity index (χ0n) is 8.82. The number of anilines is 1. The Labute approximate surface area is 86.7 Å². The van der Waals surface area contributed by atoms with Crippen LogP contribution in [0.25, 0.3) is 0 Å². The molecular formula is C9H15N3O3. The number of nitrogens with two attached hydrogens (primary N) is 1. The van der Waals surface area contributed by atoms with E-state index in [0.29, 0.717) is 13.0 Å². The first-order valence-corrected chi connectivity index (χ1v) is 4.66. The maximum absolute atomic E-state index is 11.4. The summed E-state index contributed by atoms with van der Waals surface area (Å²) >= 11 is 0. The van der Waals surface area contributed by atoms with Gasteiger partial charge in [-0.2, -0.15) is 0 Å². The Morgan fingerprint density at radius 3 is 2.87 bits per heavy atom. The van der Waals surface area contributed by atoms with Crippen molar-refractivity contribution in [1.29, 1.82) is 0 Å². The molecule has 0 fully saturated rings. The van der Waals surface area contributed by atoms with E-state index in [1.54, 1.807) is 7.11 Å². The highest BCUT2D eigenvalue weighted by Gasteiger charge is 2.08. The average molecular weight is 213 g/mol.